The van der Waals surface area contributed by atoms with E-state index in [0.29, 0.717) is 22.7 Å². The van der Waals surface area contributed by atoms with E-state index in [4.69, 9.17) is 18.9 Å². The predicted molar refractivity (Wildman–Crippen MR) is 82.8 cm³/mol. The molecule has 0 aliphatic carbocycles. The molecular weight excluding hydrogens is 286 g/mol. The number of nitriles is 1. The largest absolute Gasteiger partial charge is 0.493 e. The summed E-state index contributed by atoms with van der Waals surface area (Å²) in [6.07, 6.45) is 1.12. The van der Waals surface area contributed by atoms with Gasteiger partial charge in [0.25, 0.3) is 0 Å². The highest BCUT2D eigenvalue weighted by Gasteiger charge is 2.13. The van der Waals surface area contributed by atoms with Gasteiger partial charge in [0.2, 0.25) is 0 Å². The Morgan fingerprint density at radius 2 is 1.91 bits per heavy atom. The Kier molecular flexibility index (Phi) is 7.16. The first-order chi connectivity index (χ1) is 10.5. The van der Waals surface area contributed by atoms with Gasteiger partial charge in [-0.25, -0.2) is 4.99 Å². The monoisotopic (exact) mass is 307 g/mol. The number of rotatable bonds is 8. The van der Waals surface area contributed by atoms with Crippen LogP contribution in [0.15, 0.2) is 17.1 Å². The van der Waals surface area contributed by atoms with Crippen molar-refractivity contribution in [3.8, 4) is 17.6 Å². The average molecular weight is 307 g/mol. The van der Waals surface area contributed by atoms with Gasteiger partial charge in [0.05, 0.1) is 24.7 Å². The molecule has 0 unspecified atom stereocenters. The van der Waals surface area contributed by atoms with E-state index in [0.717, 1.165) is 0 Å². The Morgan fingerprint density at radius 1 is 1.23 bits per heavy atom. The molecule has 0 saturated heterocycles. The van der Waals surface area contributed by atoms with Crippen LogP contribution < -0.4 is 9.47 Å². The van der Waals surface area contributed by atoms with E-state index in [1.165, 1.54) is 21.3 Å². The van der Waals surface area contributed by atoms with E-state index in [-0.39, 0.29) is 6.61 Å². The minimum Gasteiger partial charge on any atom is -0.493 e. The molecule has 1 aromatic rings. The third kappa shape index (κ3) is 4.91. The summed E-state index contributed by atoms with van der Waals surface area (Å²) < 4.78 is 21.0. The number of methoxy groups -OCH3 is 3. The smallest absolute Gasteiger partial charge is 0.191 e. The molecule has 0 aromatic heterocycles. The number of aliphatic imine (C=N–C) groups is 1. The highest BCUT2D eigenvalue weighted by atomic mass is 16.7. The van der Waals surface area contributed by atoms with Gasteiger partial charge in [0.1, 0.15) is 12.7 Å². The van der Waals surface area contributed by atoms with Gasteiger partial charge < -0.3 is 23.8 Å². The van der Waals surface area contributed by atoms with Gasteiger partial charge in [0.15, 0.2) is 17.8 Å². The summed E-state index contributed by atoms with van der Waals surface area (Å²) in [7, 11) is 8.26. The van der Waals surface area contributed by atoms with Crippen molar-refractivity contribution in [2.75, 3.05) is 42.0 Å². The van der Waals surface area contributed by atoms with Crippen molar-refractivity contribution in [3.05, 3.63) is 17.7 Å². The summed E-state index contributed by atoms with van der Waals surface area (Å²) in [5.41, 5.74) is 0.899. The lowest BCUT2D eigenvalue weighted by molar-refractivity contribution is -0.122. The van der Waals surface area contributed by atoms with Gasteiger partial charge in [-0.15, -0.1) is 0 Å². The predicted octanol–water partition coefficient (Wildman–Crippen LogP) is 1.79. The van der Waals surface area contributed by atoms with E-state index in [1.807, 2.05) is 14.1 Å². The van der Waals surface area contributed by atoms with Crippen molar-refractivity contribution < 1.29 is 18.9 Å². The second-order valence-corrected chi connectivity index (χ2v) is 4.55. The molecule has 120 valence electrons. The van der Waals surface area contributed by atoms with E-state index in [9.17, 15) is 5.26 Å². The molecule has 7 heteroatoms. The van der Waals surface area contributed by atoms with Crippen molar-refractivity contribution in [2.24, 2.45) is 4.99 Å². The van der Waals surface area contributed by atoms with Crippen LogP contribution in [-0.4, -0.2) is 59.6 Å². The first-order valence-corrected chi connectivity index (χ1v) is 6.56. The summed E-state index contributed by atoms with van der Waals surface area (Å²) in [5.74, 6) is 0.915. The van der Waals surface area contributed by atoms with E-state index in [1.54, 1.807) is 23.4 Å². The third-order valence-corrected chi connectivity index (χ3v) is 2.73. The minimum absolute atomic E-state index is 0.187. The topological polar surface area (TPSA) is 76.3 Å². The number of hydrogen-bond donors (Lipinski definition) is 0. The van der Waals surface area contributed by atoms with Crippen LogP contribution in [0.1, 0.15) is 5.56 Å². The van der Waals surface area contributed by atoms with E-state index < -0.39 is 6.29 Å². The van der Waals surface area contributed by atoms with Gasteiger partial charge in [-0.2, -0.15) is 5.26 Å². The fourth-order valence-electron chi connectivity index (χ4n) is 1.59. The molecule has 0 saturated carbocycles. The Labute approximate surface area is 130 Å². The summed E-state index contributed by atoms with van der Waals surface area (Å²) in [6.45, 7) is 0.187. The molecule has 0 radical (unpaired) electrons. The molecule has 7 nitrogen and oxygen atoms in total. The van der Waals surface area contributed by atoms with Gasteiger partial charge in [0, 0.05) is 40.4 Å². The number of benzene rings is 1. The zero-order valence-corrected chi connectivity index (χ0v) is 13.5. The molecular formula is C15H21N3O4. The van der Waals surface area contributed by atoms with Crippen molar-refractivity contribution in [3.63, 3.8) is 0 Å². The fourth-order valence-corrected chi connectivity index (χ4v) is 1.59. The van der Waals surface area contributed by atoms with Crippen LogP contribution in [0.4, 0.5) is 5.69 Å². The van der Waals surface area contributed by atoms with E-state index >= 15 is 0 Å². The molecule has 0 bridgehead atoms. The standard InChI is InChI=1S/C15H21N3O4/c1-18(2)10-17-12-7-14(22-9-15(20-4)21-5)13(19-3)6-11(12)8-16/h6-7,10,15H,9H2,1-5H3. The summed E-state index contributed by atoms with van der Waals surface area (Å²) in [4.78, 5) is 6.04. The first kappa shape index (κ1) is 17.8. The van der Waals surface area contributed by atoms with Gasteiger partial charge in [-0.1, -0.05) is 0 Å². The molecule has 0 atom stereocenters. The van der Waals surface area contributed by atoms with Crippen LogP contribution in [0.3, 0.4) is 0 Å². The third-order valence-electron chi connectivity index (χ3n) is 2.73. The second kappa shape index (κ2) is 8.87. The SMILES string of the molecule is COc1cc(C#N)c(N=CN(C)C)cc1OCC(OC)OC. The quantitative estimate of drug-likeness (QED) is 0.414. The molecule has 0 spiro atoms. The van der Waals surface area contributed by atoms with Crippen LogP contribution in [0.5, 0.6) is 11.5 Å². The van der Waals surface area contributed by atoms with Gasteiger partial charge in [-0.3, -0.25) is 0 Å². The number of nitrogens with zero attached hydrogens (tertiary/aromatic N) is 3. The maximum atomic E-state index is 9.21. The lowest BCUT2D eigenvalue weighted by Crippen LogP contribution is -2.22. The average Bonchev–Trinajstić information content (AvgIpc) is 2.53. The Bertz CT molecular complexity index is 548. The molecule has 0 heterocycles. The van der Waals surface area contributed by atoms with Crippen molar-refractivity contribution in [1.29, 1.82) is 5.26 Å². The van der Waals surface area contributed by atoms with Gasteiger partial charge >= 0.3 is 0 Å². The van der Waals surface area contributed by atoms with Crippen molar-refractivity contribution >= 4 is 12.0 Å². The molecule has 22 heavy (non-hydrogen) atoms. The highest BCUT2D eigenvalue weighted by molar-refractivity contribution is 5.68. The van der Waals surface area contributed by atoms with Crippen LogP contribution >= 0.6 is 0 Å². The van der Waals surface area contributed by atoms with Crippen LogP contribution in [0.2, 0.25) is 0 Å². The Balaban J connectivity index is 3.09. The van der Waals surface area contributed by atoms with Crippen LogP contribution in [0.25, 0.3) is 0 Å². The van der Waals surface area contributed by atoms with Crippen LogP contribution in [0, 0.1) is 11.3 Å². The molecule has 0 fully saturated rings. The Morgan fingerprint density at radius 3 is 2.41 bits per heavy atom. The molecule has 1 aromatic carbocycles. The maximum Gasteiger partial charge on any atom is 0.191 e. The zero-order valence-electron chi connectivity index (χ0n) is 13.5. The summed E-state index contributed by atoms with van der Waals surface area (Å²) in [5, 5.41) is 9.21. The summed E-state index contributed by atoms with van der Waals surface area (Å²) in [6, 6.07) is 5.33. The molecule has 0 aliphatic heterocycles. The Hall–Kier alpha value is -2.30. The normalized spacial score (nSPS) is 10.8. The first-order valence-electron chi connectivity index (χ1n) is 6.56. The van der Waals surface area contributed by atoms with Crippen molar-refractivity contribution in [1.82, 2.24) is 4.90 Å². The second-order valence-electron chi connectivity index (χ2n) is 4.55. The molecule has 0 amide bonds. The van der Waals surface area contributed by atoms with Crippen molar-refractivity contribution in [2.45, 2.75) is 6.29 Å². The fraction of sp³-hybridized carbons (Fsp3) is 0.467. The van der Waals surface area contributed by atoms with E-state index in [2.05, 4.69) is 11.1 Å². The summed E-state index contributed by atoms with van der Waals surface area (Å²) >= 11 is 0. The number of ether oxygens (including phenoxy) is 4. The molecule has 0 aliphatic rings. The lowest BCUT2D eigenvalue weighted by Gasteiger charge is -2.16. The lowest BCUT2D eigenvalue weighted by atomic mass is 10.1. The highest BCUT2D eigenvalue weighted by Crippen LogP contribution is 2.34. The zero-order chi connectivity index (χ0) is 16.5. The number of hydrogen-bond acceptors (Lipinski definition) is 6. The molecule has 1 rings (SSSR count). The minimum atomic E-state index is -0.492. The molecule has 0 N–H and O–H groups in total. The van der Waals surface area contributed by atoms with Crippen LogP contribution in [-0.2, 0) is 9.47 Å². The van der Waals surface area contributed by atoms with Gasteiger partial charge in [-0.05, 0) is 0 Å². The maximum absolute atomic E-state index is 9.21.